The lowest BCUT2D eigenvalue weighted by molar-refractivity contribution is -0.172. The van der Waals surface area contributed by atoms with Crippen LogP contribution in [0.5, 0.6) is 0 Å². The van der Waals surface area contributed by atoms with E-state index in [1.165, 1.54) is 10.5 Å². The first kappa shape index (κ1) is 19.0. The normalized spacial score (nSPS) is 23.4. The monoisotopic (exact) mass is 435 g/mol. The first-order valence-electron chi connectivity index (χ1n) is 10.4. The number of hydrogen-bond acceptors (Lipinski definition) is 7. The number of carbonyl (C=O) groups is 1. The molecule has 2 atom stereocenters. The molecule has 0 amide bonds. The molecular formula is C23H21N3O4S. The van der Waals surface area contributed by atoms with Crippen molar-refractivity contribution in [3.63, 3.8) is 0 Å². The number of thioether (sulfide) groups is 1. The maximum absolute atomic E-state index is 13.4. The van der Waals surface area contributed by atoms with Crippen molar-refractivity contribution in [3.8, 4) is 11.4 Å². The molecule has 0 spiro atoms. The average molecular weight is 436 g/mol. The largest absolute Gasteiger partial charge is 0.458 e. The third-order valence-corrected chi connectivity index (χ3v) is 8.17. The van der Waals surface area contributed by atoms with Gasteiger partial charge in [-0.05, 0) is 36.6 Å². The zero-order chi connectivity index (χ0) is 21.7. The zero-order valence-corrected chi connectivity index (χ0v) is 18.0. The van der Waals surface area contributed by atoms with E-state index in [1.54, 1.807) is 29.3 Å². The first-order chi connectivity index (χ1) is 14.8. The van der Waals surface area contributed by atoms with Crippen molar-refractivity contribution in [3.05, 3.63) is 56.4 Å². The fourth-order valence-electron chi connectivity index (χ4n) is 5.13. The van der Waals surface area contributed by atoms with Crippen molar-refractivity contribution in [1.82, 2.24) is 9.55 Å². The molecule has 31 heavy (non-hydrogen) atoms. The van der Waals surface area contributed by atoms with E-state index in [1.807, 2.05) is 6.07 Å². The lowest BCUT2D eigenvalue weighted by atomic mass is 9.86. The maximum atomic E-state index is 13.4. The van der Waals surface area contributed by atoms with E-state index in [0.717, 1.165) is 27.8 Å². The minimum absolute atomic E-state index is 0.121. The SMILES string of the molecule is CC[C@@]1(O)C(=O)OCc2c1cc1n(c2=O)Cc2c-1nc1ccc(C)c3c1c2C(N)CS3. The Hall–Kier alpha value is -2.68. The number of fused-ring (bicyclic) bond motifs is 5. The molecule has 5 heterocycles. The van der Waals surface area contributed by atoms with E-state index < -0.39 is 11.6 Å². The Balaban J connectivity index is 1.69. The molecule has 0 bridgehead atoms. The van der Waals surface area contributed by atoms with Crippen molar-refractivity contribution in [2.75, 3.05) is 5.75 Å². The van der Waals surface area contributed by atoms with Gasteiger partial charge in [0.2, 0.25) is 0 Å². The molecule has 158 valence electrons. The molecule has 6 rings (SSSR count). The summed E-state index contributed by atoms with van der Waals surface area (Å²) in [4.78, 5) is 31.9. The summed E-state index contributed by atoms with van der Waals surface area (Å²) in [6.45, 7) is 4.03. The minimum Gasteiger partial charge on any atom is -0.458 e. The van der Waals surface area contributed by atoms with Crippen molar-refractivity contribution < 1.29 is 14.6 Å². The minimum atomic E-state index is -1.83. The molecule has 3 aliphatic rings. The summed E-state index contributed by atoms with van der Waals surface area (Å²) in [6, 6.07) is 5.65. The van der Waals surface area contributed by atoms with Gasteiger partial charge in [-0.1, -0.05) is 13.0 Å². The van der Waals surface area contributed by atoms with Crippen LogP contribution < -0.4 is 11.3 Å². The van der Waals surface area contributed by atoms with Crippen LogP contribution in [0.3, 0.4) is 0 Å². The summed E-state index contributed by atoms with van der Waals surface area (Å²) >= 11 is 1.75. The molecule has 1 aromatic carbocycles. The number of rotatable bonds is 1. The molecule has 3 aliphatic heterocycles. The Labute approximate surface area is 182 Å². The van der Waals surface area contributed by atoms with Gasteiger partial charge >= 0.3 is 5.97 Å². The summed E-state index contributed by atoms with van der Waals surface area (Å²) < 4.78 is 6.82. The summed E-state index contributed by atoms with van der Waals surface area (Å²) in [5.41, 5.74) is 10.5. The maximum Gasteiger partial charge on any atom is 0.343 e. The molecule has 0 saturated carbocycles. The van der Waals surface area contributed by atoms with Gasteiger partial charge in [-0.2, -0.15) is 0 Å². The van der Waals surface area contributed by atoms with Gasteiger partial charge in [0.1, 0.15) is 6.61 Å². The number of carbonyl (C=O) groups excluding carboxylic acids is 1. The molecule has 0 radical (unpaired) electrons. The number of nitrogens with zero attached hydrogens (tertiary/aromatic N) is 2. The van der Waals surface area contributed by atoms with Crippen LogP contribution in [0.1, 0.15) is 47.2 Å². The fraction of sp³-hybridized carbons (Fsp3) is 0.348. The predicted octanol–water partition coefficient (Wildman–Crippen LogP) is 2.49. The van der Waals surface area contributed by atoms with E-state index in [4.69, 9.17) is 15.5 Å². The van der Waals surface area contributed by atoms with Gasteiger partial charge in [0, 0.05) is 33.2 Å². The van der Waals surface area contributed by atoms with Gasteiger partial charge in [0.25, 0.3) is 5.56 Å². The van der Waals surface area contributed by atoms with E-state index in [0.29, 0.717) is 29.1 Å². The van der Waals surface area contributed by atoms with E-state index >= 15 is 0 Å². The Morgan fingerprint density at radius 1 is 1.35 bits per heavy atom. The second kappa shape index (κ2) is 6.18. The molecular weight excluding hydrogens is 414 g/mol. The van der Waals surface area contributed by atoms with E-state index in [9.17, 15) is 14.7 Å². The van der Waals surface area contributed by atoms with Crippen LogP contribution in [0.15, 0.2) is 27.9 Å². The predicted molar refractivity (Wildman–Crippen MR) is 117 cm³/mol. The van der Waals surface area contributed by atoms with Crippen LogP contribution >= 0.6 is 11.8 Å². The number of nitrogens with two attached hydrogens (primary N) is 1. The highest BCUT2D eigenvalue weighted by Crippen LogP contribution is 2.47. The van der Waals surface area contributed by atoms with Gasteiger partial charge < -0.3 is 20.1 Å². The van der Waals surface area contributed by atoms with Crippen LogP contribution in [-0.4, -0.2) is 26.4 Å². The number of aryl methyl sites for hydroxylation is 1. The Kier molecular flexibility index (Phi) is 3.80. The number of aliphatic hydroxyl groups is 1. The summed E-state index contributed by atoms with van der Waals surface area (Å²) in [6.07, 6.45) is 0.121. The molecule has 1 unspecified atom stereocenters. The lowest BCUT2D eigenvalue weighted by Crippen LogP contribution is -2.44. The van der Waals surface area contributed by atoms with Crippen LogP contribution in [0, 0.1) is 6.92 Å². The van der Waals surface area contributed by atoms with Crippen molar-refractivity contribution in [2.24, 2.45) is 5.73 Å². The second-order valence-corrected chi connectivity index (χ2v) is 9.51. The molecule has 8 heteroatoms. The third-order valence-electron chi connectivity index (χ3n) is 6.82. The smallest absolute Gasteiger partial charge is 0.343 e. The molecule has 3 aromatic rings. The fourth-order valence-corrected chi connectivity index (χ4v) is 6.30. The topological polar surface area (TPSA) is 107 Å². The van der Waals surface area contributed by atoms with Gasteiger partial charge in [-0.25, -0.2) is 9.78 Å². The summed E-state index contributed by atoms with van der Waals surface area (Å²) in [5, 5.41) is 12.1. The van der Waals surface area contributed by atoms with Crippen molar-refractivity contribution >= 4 is 28.6 Å². The van der Waals surface area contributed by atoms with Gasteiger partial charge in [-0.15, -0.1) is 11.8 Å². The van der Waals surface area contributed by atoms with Gasteiger partial charge in [0.15, 0.2) is 5.60 Å². The molecule has 0 fully saturated rings. The number of benzene rings is 1. The van der Waals surface area contributed by atoms with Gasteiger partial charge in [0.05, 0.1) is 29.0 Å². The molecule has 7 nitrogen and oxygen atoms in total. The number of pyridine rings is 2. The van der Waals surface area contributed by atoms with Gasteiger partial charge in [-0.3, -0.25) is 4.79 Å². The van der Waals surface area contributed by atoms with Crippen molar-refractivity contribution in [1.29, 1.82) is 0 Å². The number of ether oxygens (including phenoxy) is 1. The number of hydrogen-bond donors (Lipinski definition) is 2. The van der Waals surface area contributed by atoms with Crippen LogP contribution in [0.4, 0.5) is 0 Å². The molecule has 0 aliphatic carbocycles. The molecule has 0 saturated heterocycles. The van der Waals surface area contributed by atoms with E-state index in [-0.39, 0.29) is 24.6 Å². The number of aromatic nitrogens is 2. The highest BCUT2D eigenvalue weighted by Gasteiger charge is 2.45. The molecule has 3 N–H and O–H groups in total. The summed E-state index contributed by atoms with van der Waals surface area (Å²) in [7, 11) is 0. The average Bonchev–Trinajstić information content (AvgIpc) is 3.13. The quantitative estimate of drug-likeness (QED) is 0.442. The Morgan fingerprint density at radius 3 is 2.94 bits per heavy atom. The lowest BCUT2D eigenvalue weighted by Gasteiger charge is -2.31. The molecule has 2 aromatic heterocycles. The zero-order valence-electron chi connectivity index (χ0n) is 17.2. The second-order valence-electron chi connectivity index (χ2n) is 8.48. The Morgan fingerprint density at radius 2 is 2.16 bits per heavy atom. The van der Waals surface area contributed by atoms with Crippen molar-refractivity contribution in [2.45, 2.75) is 50.0 Å². The van der Waals surface area contributed by atoms with Crippen LogP contribution in [-0.2, 0) is 28.3 Å². The highest BCUT2D eigenvalue weighted by molar-refractivity contribution is 7.99. The standard InChI is InChI=1S/C23H21N3O4S/c1-3-23(29)13-6-16-19-11(7-26(16)21(27)12(13)8-30-22(23)28)17-14(24)9-31-20-10(2)4-5-15(25-19)18(17)20/h4-6,14,29H,3,7-9,24H2,1-2H3/t14?,23-/m0/s1. The van der Waals surface area contributed by atoms with Crippen LogP contribution in [0.2, 0.25) is 0 Å². The number of cyclic esters (lactones) is 1. The van der Waals surface area contributed by atoms with Crippen LogP contribution in [0.25, 0.3) is 22.3 Å². The summed E-state index contributed by atoms with van der Waals surface area (Å²) in [5.74, 6) is 0.0501. The first-order valence-corrected chi connectivity index (χ1v) is 11.3. The number of esters is 1. The highest BCUT2D eigenvalue weighted by atomic mass is 32.2. The third kappa shape index (κ3) is 2.30. The Bertz CT molecular complexity index is 1400. The van der Waals surface area contributed by atoms with E-state index in [2.05, 4.69) is 13.0 Å².